The van der Waals surface area contributed by atoms with Gasteiger partial charge in [-0.25, -0.2) is 4.79 Å². The smallest absolute Gasteiger partial charge is 0.328 e. The van der Waals surface area contributed by atoms with Gasteiger partial charge in [-0.05, 0) is 66.5 Å². The van der Waals surface area contributed by atoms with E-state index >= 15 is 0 Å². The van der Waals surface area contributed by atoms with E-state index in [-0.39, 0.29) is 23.0 Å². The number of aliphatic hydroxyl groups excluding tert-OH is 1. The molecule has 0 radical (unpaired) electrons. The molecule has 6 heteroatoms. The second kappa shape index (κ2) is 8.81. The molecule has 0 aromatic heterocycles. The van der Waals surface area contributed by atoms with Crippen LogP contribution in [0.1, 0.15) is 66.2 Å². The van der Waals surface area contributed by atoms with Crippen LogP contribution in [-0.2, 0) is 9.59 Å². The van der Waals surface area contributed by atoms with Gasteiger partial charge >= 0.3 is 5.97 Å². The number of nitrogens with one attached hydrogen (secondary N) is 1. The first-order chi connectivity index (χ1) is 11.4. The Bertz CT molecular complexity index is 482. The van der Waals surface area contributed by atoms with E-state index < -0.39 is 12.1 Å². The number of aliphatic carboxylic acids is 1. The Morgan fingerprint density at radius 2 is 1.76 bits per heavy atom. The SMILES string of the molecule is CN1C(C)(C)CC(NC(=O)CCCCC(O)/C=C/C(=O)O)CC1(C)C. The molecule has 1 saturated heterocycles. The number of unbranched alkanes of at least 4 members (excludes halogenated alkanes) is 1. The lowest BCUT2D eigenvalue weighted by atomic mass is 9.77. The Morgan fingerprint density at radius 1 is 1.20 bits per heavy atom. The number of rotatable bonds is 8. The third kappa shape index (κ3) is 7.16. The van der Waals surface area contributed by atoms with E-state index in [0.29, 0.717) is 25.7 Å². The fourth-order valence-corrected chi connectivity index (χ4v) is 3.70. The average molecular weight is 354 g/mol. The van der Waals surface area contributed by atoms with Gasteiger partial charge in [0.15, 0.2) is 0 Å². The molecule has 0 bridgehead atoms. The van der Waals surface area contributed by atoms with Gasteiger partial charge in [-0.2, -0.15) is 0 Å². The monoisotopic (exact) mass is 354 g/mol. The largest absolute Gasteiger partial charge is 0.478 e. The molecule has 0 saturated carbocycles. The molecule has 0 aromatic carbocycles. The van der Waals surface area contributed by atoms with Gasteiger partial charge in [0.2, 0.25) is 5.91 Å². The topological polar surface area (TPSA) is 89.9 Å². The van der Waals surface area contributed by atoms with Gasteiger partial charge < -0.3 is 15.5 Å². The maximum atomic E-state index is 12.2. The van der Waals surface area contributed by atoms with Crippen LogP contribution in [0.4, 0.5) is 0 Å². The molecule has 0 spiro atoms. The number of hydrogen-bond acceptors (Lipinski definition) is 4. The Hall–Kier alpha value is -1.40. The van der Waals surface area contributed by atoms with Gasteiger partial charge in [0.25, 0.3) is 0 Å². The number of likely N-dealkylation sites (tertiary alicyclic amines) is 1. The van der Waals surface area contributed by atoms with Crippen LogP contribution in [0, 0.1) is 0 Å². The number of carboxylic acid groups (broad SMARTS) is 1. The summed E-state index contributed by atoms with van der Waals surface area (Å²) in [7, 11) is 2.14. The summed E-state index contributed by atoms with van der Waals surface area (Å²) in [5.41, 5.74) is 0.0839. The molecule has 3 N–H and O–H groups in total. The standard InChI is InChI=1S/C19H34N2O4/c1-18(2)12-14(13-19(3,4)21(18)5)20-16(23)9-7-6-8-15(22)10-11-17(24)25/h10-11,14-15,22H,6-9,12-13H2,1-5H3,(H,20,23)(H,24,25)/b11-10+. The van der Waals surface area contributed by atoms with E-state index in [9.17, 15) is 14.7 Å². The summed E-state index contributed by atoms with van der Waals surface area (Å²) in [6, 6.07) is 0.179. The Balaban J connectivity index is 2.34. The zero-order chi connectivity index (χ0) is 19.3. The molecule has 1 atom stereocenters. The molecule has 1 unspecified atom stereocenters. The fraction of sp³-hybridized carbons (Fsp3) is 0.789. The molecule has 144 valence electrons. The van der Waals surface area contributed by atoms with Crippen LogP contribution in [0.25, 0.3) is 0 Å². The molecular weight excluding hydrogens is 320 g/mol. The molecular formula is C19H34N2O4. The van der Waals surface area contributed by atoms with E-state index in [1.807, 2.05) is 0 Å². The minimum Gasteiger partial charge on any atom is -0.478 e. The highest BCUT2D eigenvalue weighted by Gasteiger charge is 2.43. The summed E-state index contributed by atoms with van der Waals surface area (Å²) in [6.07, 6.45) is 5.57. The van der Waals surface area contributed by atoms with Crippen LogP contribution in [0.3, 0.4) is 0 Å². The summed E-state index contributed by atoms with van der Waals surface area (Å²) < 4.78 is 0. The van der Waals surface area contributed by atoms with Crippen LogP contribution in [0.2, 0.25) is 0 Å². The molecule has 0 aromatic rings. The van der Waals surface area contributed by atoms with E-state index in [2.05, 4.69) is 45.0 Å². The van der Waals surface area contributed by atoms with Gasteiger partial charge in [0.1, 0.15) is 0 Å². The molecule has 1 aliphatic rings. The molecule has 0 aliphatic carbocycles. The van der Waals surface area contributed by atoms with Crippen molar-refractivity contribution in [2.24, 2.45) is 0 Å². The predicted octanol–water partition coefficient (Wildman–Crippen LogP) is 2.32. The highest BCUT2D eigenvalue weighted by molar-refractivity contribution is 5.79. The zero-order valence-corrected chi connectivity index (χ0v) is 16.2. The number of aliphatic hydroxyl groups is 1. The first kappa shape index (κ1) is 21.6. The van der Waals surface area contributed by atoms with Crippen LogP contribution in [-0.4, -0.2) is 57.3 Å². The van der Waals surface area contributed by atoms with Gasteiger partial charge in [-0.3, -0.25) is 9.69 Å². The van der Waals surface area contributed by atoms with Crippen molar-refractivity contribution in [1.82, 2.24) is 10.2 Å². The van der Waals surface area contributed by atoms with Crippen LogP contribution in [0.15, 0.2) is 12.2 Å². The lowest BCUT2D eigenvalue weighted by Gasteiger charge is -2.53. The number of hydrogen-bond donors (Lipinski definition) is 3. The average Bonchev–Trinajstić information content (AvgIpc) is 2.46. The van der Waals surface area contributed by atoms with Crippen molar-refractivity contribution < 1.29 is 19.8 Å². The Labute approximate surface area is 151 Å². The highest BCUT2D eigenvalue weighted by Crippen LogP contribution is 2.36. The van der Waals surface area contributed by atoms with Crippen LogP contribution >= 0.6 is 0 Å². The maximum absolute atomic E-state index is 12.2. The number of carbonyl (C=O) groups is 2. The van der Waals surface area contributed by atoms with E-state index in [4.69, 9.17) is 5.11 Å². The normalized spacial score (nSPS) is 22.0. The van der Waals surface area contributed by atoms with Crippen molar-refractivity contribution >= 4 is 11.9 Å². The molecule has 1 rings (SSSR count). The molecule has 6 nitrogen and oxygen atoms in total. The summed E-state index contributed by atoms with van der Waals surface area (Å²) in [5.74, 6) is -1.01. The van der Waals surface area contributed by atoms with E-state index in [1.54, 1.807) is 0 Å². The van der Waals surface area contributed by atoms with Crippen molar-refractivity contribution in [2.75, 3.05) is 7.05 Å². The van der Waals surface area contributed by atoms with Crippen LogP contribution in [0.5, 0.6) is 0 Å². The zero-order valence-electron chi connectivity index (χ0n) is 16.2. The first-order valence-electron chi connectivity index (χ1n) is 9.06. The number of carbonyl (C=O) groups excluding carboxylic acids is 1. The molecule has 1 amide bonds. The van der Waals surface area contributed by atoms with Crippen molar-refractivity contribution in [3.8, 4) is 0 Å². The lowest BCUT2D eigenvalue weighted by molar-refractivity contribution is -0.131. The van der Waals surface area contributed by atoms with Crippen molar-refractivity contribution in [3.05, 3.63) is 12.2 Å². The van der Waals surface area contributed by atoms with Gasteiger partial charge in [0, 0.05) is 29.6 Å². The molecule has 25 heavy (non-hydrogen) atoms. The Kier molecular flexibility index (Phi) is 7.62. The van der Waals surface area contributed by atoms with Gasteiger partial charge in [-0.1, -0.05) is 6.42 Å². The van der Waals surface area contributed by atoms with Gasteiger partial charge in [-0.15, -0.1) is 0 Å². The minimum atomic E-state index is -1.07. The number of nitrogens with zero attached hydrogens (tertiary/aromatic N) is 1. The predicted molar refractivity (Wildman–Crippen MR) is 98.3 cm³/mol. The van der Waals surface area contributed by atoms with E-state index in [0.717, 1.165) is 18.9 Å². The fourth-order valence-electron chi connectivity index (χ4n) is 3.70. The number of amides is 1. The molecule has 1 fully saturated rings. The summed E-state index contributed by atoms with van der Waals surface area (Å²) in [6.45, 7) is 8.83. The number of piperidine rings is 1. The highest BCUT2D eigenvalue weighted by atomic mass is 16.4. The Morgan fingerprint density at radius 3 is 2.28 bits per heavy atom. The maximum Gasteiger partial charge on any atom is 0.328 e. The van der Waals surface area contributed by atoms with Crippen LogP contribution < -0.4 is 5.32 Å². The first-order valence-corrected chi connectivity index (χ1v) is 9.06. The second-order valence-electron chi connectivity index (χ2n) is 8.37. The second-order valence-corrected chi connectivity index (χ2v) is 8.37. The van der Waals surface area contributed by atoms with E-state index in [1.165, 1.54) is 6.08 Å². The van der Waals surface area contributed by atoms with Crippen molar-refractivity contribution in [1.29, 1.82) is 0 Å². The quantitative estimate of drug-likeness (QED) is 0.460. The number of carboxylic acids is 1. The third-order valence-corrected chi connectivity index (χ3v) is 5.29. The summed E-state index contributed by atoms with van der Waals surface area (Å²) in [4.78, 5) is 24.9. The third-order valence-electron chi connectivity index (χ3n) is 5.29. The van der Waals surface area contributed by atoms with Gasteiger partial charge in [0.05, 0.1) is 6.10 Å². The lowest BCUT2D eigenvalue weighted by Crippen LogP contribution is -2.62. The molecule has 1 heterocycles. The van der Waals surface area contributed by atoms with Crippen molar-refractivity contribution in [3.63, 3.8) is 0 Å². The minimum absolute atomic E-state index is 0.0419. The summed E-state index contributed by atoms with van der Waals surface area (Å²) in [5, 5.41) is 21.3. The van der Waals surface area contributed by atoms with Crippen molar-refractivity contribution in [2.45, 2.75) is 89.4 Å². The summed E-state index contributed by atoms with van der Waals surface area (Å²) >= 11 is 0. The molecule has 1 aliphatic heterocycles.